The van der Waals surface area contributed by atoms with Gasteiger partial charge in [0.1, 0.15) is 5.65 Å². The molecule has 0 radical (unpaired) electrons. The zero-order valence-electron chi connectivity index (χ0n) is 14.0. The Morgan fingerprint density at radius 2 is 2.12 bits per heavy atom. The van der Waals surface area contributed by atoms with E-state index in [4.69, 9.17) is 4.74 Å². The van der Waals surface area contributed by atoms with Gasteiger partial charge in [0.05, 0.1) is 10.3 Å². The van der Waals surface area contributed by atoms with Crippen molar-refractivity contribution < 1.29 is 9.66 Å². The highest BCUT2D eigenvalue weighted by Gasteiger charge is 2.15. The number of hydrogen-bond donors (Lipinski definition) is 1. The van der Waals surface area contributed by atoms with Crippen molar-refractivity contribution in [2.75, 3.05) is 13.7 Å². The zero-order chi connectivity index (χ0) is 18.7. The Bertz CT molecular complexity index is 1090. The van der Waals surface area contributed by atoms with Crippen molar-refractivity contribution in [2.24, 2.45) is 0 Å². The maximum atomic E-state index is 12.4. The van der Waals surface area contributed by atoms with Gasteiger partial charge in [0.15, 0.2) is 0 Å². The third kappa shape index (κ3) is 3.24. The zero-order valence-corrected chi connectivity index (χ0v) is 14.0. The van der Waals surface area contributed by atoms with Gasteiger partial charge in [-0.05, 0) is 23.6 Å². The topological polar surface area (TPSA) is 120 Å². The summed E-state index contributed by atoms with van der Waals surface area (Å²) in [7, 11) is 1.56. The molecule has 26 heavy (non-hydrogen) atoms. The van der Waals surface area contributed by atoms with Crippen molar-refractivity contribution in [3.8, 4) is 11.1 Å². The Morgan fingerprint density at radius 1 is 1.31 bits per heavy atom. The first-order valence-corrected chi connectivity index (χ1v) is 7.88. The Morgan fingerprint density at radius 3 is 2.85 bits per heavy atom. The fourth-order valence-electron chi connectivity index (χ4n) is 2.80. The summed E-state index contributed by atoms with van der Waals surface area (Å²) in [6.45, 7) is 0.781. The highest BCUT2D eigenvalue weighted by atomic mass is 16.6. The number of aromatic nitrogens is 3. The van der Waals surface area contributed by atoms with Gasteiger partial charge in [-0.15, -0.1) is 0 Å². The van der Waals surface area contributed by atoms with Gasteiger partial charge >= 0.3 is 5.69 Å². The largest absolute Gasteiger partial charge is 0.385 e. The van der Waals surface area contributed by atoms with Crippen LogP contribution in [-0.4, -0.2) is 33.2 Å². The SMILES string of the molecule is COCCCn1c(=O)[nH]c(=O)c2c(-c3cccc([N+](=O)[O-])c3)ccnc21. The molecule has 9 nitrogen and oxygen atoms in total. The van der Waals surface area contributed by atoms with E-state index in [0.29, 0.717) is 30.7 Å². The predicted octanol–water partition coefficient (Wildman–Crippen LogP) is 1.70. The normalized spacial score (nSPS) is 11.0. The number of fused-ring (bicyclic) bond motifs is 1. The fraction of sp³-hybridized carbons (Fsp3) is 0.235. The second kappa shape index (κ2) is 7.28. The van der Waals surface area contributed by atoms with Gasteiger partial charge in [0.25, 0.3) is 11.2 Å². The molecule has 0 aliphatic heterocycles. The minimum atomic E-state index is -0.581. The van der Waals surface area contributed by atoms with Crippen LogP contribution in [0.15, 0.2) is 46.1 Å². The van der Waals surface area contributed by atoms with Gasteiger partial charge in [-0.2, -0.15) is 0 Å². The van der Waals surface area contributed by atoms with E-state index in [0.717, 1.165) is 0 Å². The highest BCUT2D eigenvalue weighted by molar-refractivity contribution is 5.92. The smallest absolute Gasteiger partial charge is 0.329 e. The Hall–Kier alpha value is -3.33. The molecule has 1 aromatic carbocycles. The molecule has 0 bridgehead atoms. The van der Waals surface area contributed by atoms with Crippen LogP contribution in [0.3, 0.4) is 0 Å². The number of aromatic amines is 1. The molecule has 0 fully saturated rings. The van der Waals surface area contributed by atoms with E-state index >= 15 is 0 Å². The van der Waals surface area contributed by atoms with Gasteiger partial charge in [0.2, 0.25) is 0 Å². The van der Waals surface area contributed by atoms with E-state index in [2.05, 4.69) is 9.97 Å². The summed E-state index contributed by atoms with van der Waals surface area (Å²) in [6.07, 6.45) is 2.04. The van der Waals surface area contributed by atoms with Crippen LogP contribution in [0.2, 0.25) is 0 Å². The van der Waals surface area contributed by atoms with Gasteiger partial charge in [0, 0.05) is 38.6 Å². The number of benzene rings is 1. The van der Waals surface area contributed by atoms with Crippen LogP contribution < -0.4 is 11.2 Å². The van der Waals surface area contributed by atoms with Gasteiger partial charge in [-0.1, -0.05) is 12.1 Å². The van der Waals surface area contributed by atoms with Crippen LogP contribution in [0.4, 0.5) is 5.69 Å². The van der Waals surface area contributed by atoms with E-state index in [1.54, 1.807) is 25.3 Å². The average Bonchev–Trinajstić information content (AvgIpc) is 2.64. The summed E-state index contributed by atoms with van der Waals surface area (Å²) in [6, 6.07) is 7.57. The first-order chi connectivity index (χ1) is 12.5. The molecule has 0 spiro atoms. The number of hydrogen-bond acceptors (Lipinski definition) is 6. The first-order valence-electron chi connectivity index (χ1n) is 7.88. The van der Waals surface area contributed by atoms with E-state index in [-0.39, 0.29) is 16.7 Å². The molecule has 2 heterocycles. The first kappa shape index (κ1) is 17.5. The number of nitro groups is 1. The molecular formula is C17H16N4O5. The summed E-state index contributed by atoms with van der Waals surface area (Å²) in [5.41, 5.74) is -0.0132. The maximum Gasteiger partial charge on any atom is 0.329 e. The number of rotatable bonds is 6. The van der Waals surface area contributed by atoms with E-state index in [1.807, 2.05) is 0 Å². The summed E-state index contributed by atoms with van der Waals surface area (Å²) < 4.78 is 6.37. The molecule has 3 aromatic rings. The maximum absolute atomic E-state index is 12.4. The van der Waals surface area contributed by atoms with Crippen molar-refractivity contribution in [3.63, 3.8) is 0 Å². The number of methoxy groups -OCH3 is 1. The molecular weight excluding hydrogens is 340 g/mol. The number of non-ortho nitro benzene ring substituents is 1. The van der Waals surface area contributed by atoms with Crippen LogP contribution >= 0.6 is 0 Å². The van der Waals surface area contributed by atoms with Gasteiger partial charge < -0.3 is 4.74 Å². The van der Waals surface area contributed by atoms with Crippen LogP contribution in [0, 0.1) is 10.1 Å². The number of pyridine rings is 1. The molecule has 0 unspecified atom stereocenters. The monoisotopic (exact) mass is 356 g/mol. The minimum Gasteiger partial charge on any atom is -0.385 e. The van der Waals surface area contributed by atoms with Crippen molar-refractivity contribution in [1.29, 1.82) is 0 Å². The van der Waals surface area contributed by atoms with Crippen LogP contribution in [0.1, 0.15) is 6.42 Å². The summed E-state index contributed by atoms with van der Waals surface area (Å²) in [5.74, 6) is 0. The Balaban J connectivity index is 2.24. The van der Waals surface area contributed by atoms with Gasteiger partial charge in [-0.3, -0.25) is 24.5 Å². The Labute approximate surface area is 147 Å². The molecule has 0 aliphatic carbocycles. The summed E-state index contributed by atoms with van der Waals surface area (Å²) in [5, 5.41) is 11.2. The number of ether oxygens (including phenoxy) is 1. The second-order valence-corrected chi connectivity index (χ2v) is 5.62. The lowest BCUT2D eigenvalue weighted by Crippen LogP contribution is -2.31. The lowest BCUT2D eigenvalue weighted by atomic mass is 10.0. The predicted molar refractivity (Wildman–Crippen MR) is 95.2 cm³/mol. The molecule has 0 saturated carbocycles. The highest BCUT2D eigenvalue weighted by Crippen LogP contribution is 2.27. The molecule has 0 amide bonds. The van der Waals surface area contributed by atoms with E-state index in [1.165, 1.54) is 22.9 Å². The van der Waals surface area contributed by atoms with Gasteiger partial charge in [-0.25, -0.2) is 9.78 Å². The molecule has 9 heteroatoms. The van der Waals surface area contributed by atoms with Crippen LogP contribution in [0.25, 0.3) is 22.2 Å². The number of nitrogens with one attached hydrogen (secondary N) is 1. The number of nitro benzene ring substituents is 1. The van der Waals surface area contributed by atoms with Crippen molar-refractivity contribution in [2.45, 2.75) is 13.0 Å². The average molecular weight is 356 g/mol. The second-order valence-electron chi connectivity index (χ2n) is 5.62. The number of H-pyrrole nitrogens is 1. The van der Waals surface area contributed by atoms with Crippen LogP contribution in [-0.2, 0) is 11.3 Å². The van der Waals surface area contributed by atoms with Crippen molar-refractivity contribution in [1.82, 2.24) is 14.5 Å². The Kier molecular flexibility index (Phi) is 4.90. The molecule has 0 aliphatic rings. The standard InChI is InChI=1S/C17H16N4O5/c1-26-9-3-8-20-15-14(16(22)19-17(20)23)13(6-7-18-15)11-4-2-5-12(10-11)21(24)25/h2,4-7,10H,3,8-9H2,1H3,(H,19,22,23). The summed E-state index contributed by atoms with van der Waals surface area (Å²) in [4.78, 5) is 41.6. The fourth-order valence-corrected chi connectivity index (χ4v) is 2.80. The molecule has 3 rings (SSSR count). The van der Waals surface area contributed by atoms with Crippen LogP contribution in [0.5, 0.6) is 0 Å². The molecule has 0 saturated heterocycles. The van der Waals surface area contributed by atoms with E-state index < -0.39 is 16.2 Å². The number of aryl methyl sites for hydroxylation is 1. The lowest BCUT2D eigenvalue weighted by molar-refractivity contribution is -0.384. The lowest BCUT2D eigenvalue weighted by Gasteiger charge is -2.11. The quantitative estimate of drug-likeness (QED) is 0.408. The van der Waals surface area contributed by atoms with Crippen molar-refractivity contribution >= 4 is 16.7 Å². The number of nitrogens with zero attached hydrogens (tertiary/aromatic N) is 3. The van der Waals surface area contributed by atoms with Crippen molar-refractivity contribution in [3.05, 3.63) is 67.5 Å². The third-order valence-electron chi connectivity index (χ3n) is 3.98. The molecule has 1 N–H and O–H groups in total. The minimum absolute atomic E-state index is 0.0858. The molecule has 0 atom stereocenters. The van der Waals surface area contributed by atoms with E-state index in [9.17, 15) is 19.7 Å². The third-order valence-corrected chi connectivity index (χ3v) is 3.98. The molecule has 134 valence electrons. The summed E-state index contributed by atoms with van der Waals surface area (Å²) >= 11 is 0. The molecule has 2 aromatic heterocycles.